The average Bonchev–Trinajstić information content (AvgIpc) is 2.45. The Labute approximate surface area is 98.3 Å². The molecule has 0 aliphatic carbocycles. The van der Waals surface area contributed by atoms with E-state index in [9.17, 15) is 8.78 Å². The summed E-state index contributed by atoms with van der Waals surface area (Å²) in [6.45, 7) is 4.29. The van der Waals surface area contributed by atoms with Gasteiger partial charge in [-0.25, -0.2) is 8.78 Å². The molecule has 0 N–H and O–H groups in total. The van der Waals surface area contributed by atoms with E-state index in [1.165, 1.54) is 0 Å². The lowest BCUT2D eigenvalue weighted by molar-refractivity contribution is 0.00869. The van der Waals surface area contributed by atoms with E-state index in [1.54, 1.807) is 10.9 Å². The molecular formula is C10H15ClF2N2O. The lowest BCUT2D eigenvalue weighted by atomic mass is 10.2. The van der Waals surface area contributed by atoms with E-state index < -0.39 is 13.0 Å². The van der Waals surface area contributed by atoms with E-state index in [-0.39, 0.29) is 6.61 Å². The normalized spacial score (nSPS) is 11.7. The molecule has 1 heterocycles. The van der Waals surface area contributed by atoms with Crippen molar-refractivity contribution in [3.05, 3.63) is 16.9 Å². The van der Waals surface area contributed by atoms with E-state index in [4.69, 9.17) is 16.3 Å². The highest BCUT2D eigenvalue weighted by molar-refractivity contribution is 6.31. The fraction of sp³-hybridized carbons (Fsp3) is 0.700. The van der Waals surface area contributed by atoms with E-state index in [1.807, 2.05) is 0 Å². The minimum Gasteiger partial charge on any atom is -0.369 e. The Balaban J connectivity index is 2.50. The van der Waals surface area contributed by atoms with Gasteiger partial charge in [0.15, 0.2) is 0 Å². The third kappa shape index (κ3) is 4.45. The Morgan fingerprint density at radius 2 is 2.19 bits per heavy atom. The predicted molar refractivity (Wildman–Crippen MR) is 57.7 cm³/mol. The summed E-state index contributed by atoms with van der Waals surface area (Å²) < 4.78 is 30.1. The number of nitrogens with zero attached hydrogens (tertiary/aromatic N) is 2. The second kappa shape index (κ2) is 6.15. The molecule has 0 amide bonds. The summed E-state index contributed by atoms with van der Waals surface area (Å²) in [6.07, 6.45) is -0.778. The van der Waals surface area contributed by atoms with E-state index in [0.717, 1.165) is 6.54 Å². The number of aromatic nitrogens is 2. The van der Waals surface area contributed by atoms with Crippen molar-refractivity contribution in [1.29, 1.82) is 0 Å². The molecule has 0 unspecified atom stereocenters. The summed E-state index contributed by atoms with van der Waals surface area (Å²) in [7, 11) is 0. The van der Waals surface area contributed by atoms with Gasteiger partial charge in [0, 0.05) is 12.7 Å². The summed E-state index contributed by atoms with van der Waals surface area (Å²) in [6, 6.07) is 0. The molecular weight excluding hydrogens is 238 g/mol. The second-order valence-electron chi connectivity index (χ2n) is 3.95. The molecule has 0 saturated heterocycles. The quantitative estimate of drug-likeness (QED) is 0.778. The van der Waals surface area contributed by atoms with Crippen LogP contribution < -0.4 is 0 Å². The maximum Gasteiger partial charge on any atom is 0.261 e. The number of hydrogen-bond donors (Lipinski definition) is 0. The van der Waals surface area contributed by atoms with Gasteiger partial charge in [0.1, 0.15) is 12.3 Å². The van der Waals surface area contributed by atoms with Crippen LogP contribution in [-0.2, 0) is 17.9 Å². The van der Waals surface area contributed by atoms with Crippen LogP contribution in [0.2, 0.25) is 5.02 Å². The monoisotopic (exact) mass is 252 g/mol. The molecule has 1 aromatic heterocycles. The van der Waals surface area contributed by atoms with Crippen LogP contribution in [0.1, 0.15) is 19.5 Å². The average molecular weight is 253 g/mol. The van der Waals surface area contributed by atoms with Crippen LogP contribution in [0.5, 0.6) is 0 Å². The predicted octanol–water partition coefficient (Wildman–Crippen LogP) is 2.97. The Kier molecular flexibility index (Phi) is 5.15. The lowest BCUT2D eigenvalue weighted by Crippen LogP contribution is -2.07. The molecule has 16 heavy (non-hydrogen) atoms. The SMILES string of the molecule is CC(C)Cn1cc(Cl)c(COCC(F)F)n1. The van der Waals surface area contributed by atoms with Crippen molar-refractivity contribution < 1.29 is 13.5 Å². The molecule has 1 rings (SSSR count). The molecule has 0 bridgehead atoms. The van der Waals surface area contributed by atoms with Gasteiger partial charge in [-0.1, -0.05) is 25.4 Å². The molecule has 0 atom stereocenters. The van der Waals surface area contributed by atoms with Gasteiger partial charge < -0.3 is 4.74 Å². The molecule has 0 radical (unpaired) electrons. The molecule has 0 spiro atoms. The topological polar surface area (TPSA) is 27.1 Å². The largest absolute Gasteiger partial charge is 0.369 e. The van der Waals surface area contributed by atoms with Gasteiger partial charge in [-0.05, 0) is 5.92 Å². The number of ether oxygens (including phenoxy) is 1. The van der Waals surface area contributed by atoms with Gasteiger partial charge in [-0.3, -0.25) is 4.68 Å². The van der Waals surface area contributed by atoms with Gasteiger partial charge in [0.05, 0.1) is 11.6 Å². The standard InChI is InChI=1S/C10H15ClF2N2O/c1-7(2)3-15-4-8(11)9(14-15)5-16-6-10(12)13/h4,7,10H,3,5-6H2,1-2H3. The van der Waals surface area contributed by atoms with E-state index in [2.05, 4.69) is 18.9 Å². The van der Waals surface area contributed by atoms with E-state index >= 15 is 0 Å². The van der Waals surface area contributed by atoms with Gasteiger partial charge in [0.25, 0.3) is 6.43 Å². The zero-order valence-corrected chi connectivity index (χ0v) is 10.0. The molecule has 0 aliphatic heterocycles. The van der Waals surface area contributed by atoms with Crippen molar-refractivity contribution in [1.82, 2.24) is 9.78 Å². The molecule has 0 aromatic carbocycles. The van der Waals surface area contributed by atoms with Crippen molar-refractivity contribution in [2.24, 2.45) is 5.92 Å². The van der Waals surface area contributed by atoms with Crippen LogP contribution in [-0.4, -0.2) is 22.8 Å². The van der Waals surface area contributed by atoms with Crippen molar-refractivity contribution >= 4 is 11.6 Å². The summed E-state index contributed by atoms with van der Waals surface area (Å²) in [5.41, 5.74) is 0.503. The zero-order valence-electron chi connectivity index (χ0n) is 9.29. The van der Waals surface area contributed by atoms with Crippen LogP contribution in [0.25, 0.3) is 0 Å². The molecule has 6 heteroatoms. The smallest absolute Gasteiger partial charge is 0.261 e. The highest BCUT2D eigenvalue weighted by Crippen LogP contribution is 2.16. The molecule has 92 valence electrons. The second-order valence-corrected chi connectivity index (χ2v) is 4.35. The summed E-state index contributed by atoms with van der Waals surface area (Å²) in [4.78, 5) is 0. The highest BCUT2D eigenvalue weighted by atomic mass is 35.5. The minimum absolute atomic E-state index is 0.0221. The van der Waals surface area contributed by atoms with Crippen molar-refractivity contribution in [2.45, 2.75) is 33.4 Å². The Bertz CT molecular complexity index is 329. The van der Waals surface area contributed by atoms with E-state index in [0.29, 0.717) is 16.6 Å². The van der Waals surface area contributed by atoms with Crippen LogP contribution in [0.15, 0.2) is 6.20 Å². The molecule has 1 aromatic rings. The lowest BCUT2D eigenvalue weighted by Gasteiger charge is -2.04. The van der Waals surface area contributed by atoms with Gasteiger partial charge in [-0.2, -0.15) is 5.10 Å². The number of rotatable bonds is 6. The highest BCUT2D eigenvalue weighted by Gasteiger charge is 2.09. The first-order valence-electron chi connectivity index (χ1n) is 5.06. The van der Waals surface area contributed by atoms with Crippen LogP contribution in [0.3, 0.4) is 0 Å². The molecule has 0 saturated carbocycles. The summed E-state index contributed by atoms with van der Waals surface area (Å²) in [5.74, 6) is 0.450. The van der Waals surface area contributed by atoms with Gasteiger partial charge >= 0.3 is 0 Å². The molecule has 0 fully saturated rings. The zero-order chi connectivity index (χ0) is 12.1. The van der Waals surface area contributed by atoms with Crippen LogP contribution >= 0.6 is 11.6 Å². The first kappa shape index (κ1) is 13.4. The Morgan fingerprint density at radius 1 is 1.50 bits per heavy atom. The van der Waals surface area contributed by atoms with Gasteiger partial charge in [-0.15, -0.1) is 0 Å². The fourth-order valence-electron chi connectivity index (χ4n) is 1.25. The first-order valence-corrected chi connectivity index (χ1v) is 5.44. The van der Waals surface area contributed by atoms with Gasteiger partial charge in [0.2, 0.25) is 0 Å². The third-order valence-electron chi connectivity index (χ3n) is 1.82. The summed E-state index contributed by atoms with van der Waals surface area (Å²) in [5, 5.41) is 4.62. The Hall–Kier alpha value is -0.680. The third-order valence-corrected chi connectivity index (χ3v) is 2.14. The van der Waals surface area contributed by atoms with Crippen LogP contribution in [0, 0.1) is 5.92 Å². The van der Waals surface area contributed by atoms with Crippen molar-refractivity contribution in [3.8, 4) is 0 Å². The van der Waals surface area contributed by atoms with Crippen molar-refractivity contribution in [3.63, 3.8) is 0 Å². The summed E-state index contributed by atoms with van der Waals surface area (Å²) >= 11 is 5.89. The molecule has 3 nitrogen and oxygen atoms in total. The maximum absolute atomic E-state index is 11.8. The van der Waals surface area contributed by atoms with Crippen LogP contribution in [0.4, 0.5) is 8.78 Å². The number of alkyl halides is 2. The first-order chi connectivity index (χ1) is 7.49. The molecule has 0 aliphatic rings. The number of hydrogen-bond acceptors (Lipinski definition) is 2. The Morgan fingerprint density at radius 3 is 2.75 bits per heavy atom. The maximum atomic E-state index is 11.8. The minimum atomic E-state index is -2.46. The fourth-order valence-corrected chi connectivity index (χ4v) is 1.45. The number of halogens is 3. The van der Waals surface area contributed by atoms with Crippen molar-refractivity contribution in [2.75, 3.05) is 6.61 Å².